The van der Waals surface area contributed by atoms with Gasteiger partial charge in [-0.1, -0.05) is 6.92 Å². The van der Waals surface area contributed by atoms with Gasteiger partial charge in [-0.05, 0) is 37.7 Å². The molecule has 21 heavy (non-hydrogen) atoms. The molecule has 0 aliphatic carbocycles. The van der Waals surface area contributed by atoms with Crippen LogP contribution in [0.4, 0.5) is 15.8 Å². The Morgan fingerprint density at radius 2 is 2.10 bits per heavy atom. The summed E-state index contributed by atoms with van der Waals surface area (Å²) in [6.07, 6.45) is 0.899. The molecule has 0 unspecified atom stereocenters. The molecule has 0 saturated carbocycles. The van der Waals surface area contributed by atoms with E-state index < -0.39 is 5.82 Å². The quantitative estimate of drug-likeness (QED) is 0.621. The van der Waals surface area contributed by atoms with Crippen LogP contribution in [0, 0.1) is 5.82 Å². The van der Waals surface area contributed by atoms with Gasteiger partial charge in [-0.15, -0.1) is 0 Å². The van der Waals surface area contributed by atoms with Crippen LogP contribution < -0.4 is 16.8 Å². The third-order valence-corrected chi connectivity index (χ3v) is 2.98. The van der Waals surface area contributed by atoms with Crippen molar-refractivity contribution in [2.24, 2.45) is 5.73 Å². The number of anilines is 2. The molecule has 0 fully saturated rings. The van der Waals surface area contributed by atoms with Gasteiger partial charge < -0.3 is 16.8 Å². The van der Waals surface area contributed by atoms with Crippen molar-refractivity contribution in [1.29, 1.82) is 0 Å². The summed E-state index contributed by atoms with van der Waals surface area (Å²) in [4.78, 5) is 24.4. The van der Waals surface area contributed by atoms with Gasteiger partial charge in [-0.2, -0.15) is 0 Å². The molecule has 0 atom stereocenters. The van der Waals surface area contributed by atoms with Gasteiger partial charge in [0.25, 0.3) is 0 Å². The van der Waals surface area contributed by atoms with Crippen LogP contribution in [-0.2, 0) is 9.59 Å². The number of carbonyl (C=O) groups is 2. The summed E-state index contributed by atoms with van der Waals surface area (Å²) in [5, 5.41) is 2.65. The summed E-state index contributed by atoms with van der Waals surface area (Å²) in [6.45, 7) is 3.41. The molecule has 116 valence electrons. The average Bonchev–Trinajstić information content (AvgIpc) is 2.41. The first-order valence-corrected chi connectivity index (χ1v) is 6.78. The minimum atomic E-state index is -0.516. The van der Waals surface area contributed by atoms with Gasteiger partial charge in [0, 0.05) is 12.1 Å². The van der Waals surface area contributed by atoms with E-state index in [2.05, 4.69) is 5.32 Å². The van der Waals surface area contributed by atoms with Gasteiger partial charge in [-0.25, -0.2) is 4.39 Å². The topological polar surface area (TPSA) is 101 Å². The van der Waals surface area contributed by atoms with E-state index in [0.717, 1.165) is 0 Å². The third-order valence-electron chi connectivity index (χ3n) is 2.98. The van der Waals surface area contributed by atoms with E-state index in [1.54, 1.807) is 0 Å². The average molecular weight is 296 g/mol. The highest BCUT2D eigenvalue weighted by molar-refractivity contribution is 5.91. The van der Waals surface area contributed by atoms with Crippen LogP contribution in [-0.4, -0.2) is 36.3 Å². The van der Waals surface area contributed by atoms with E-state index in [0.29, 0.717) is 31.6 Å². The van der Waals surface area contributed by atoms with E-state index >= 15 is 0 Å². The molecule has 1 aromatic carbocycles. The lowest BCUT2D eigenvalue weighted by atomic mass is 10.2. The molecule has 2 amide bonds. The molecule has 0 aliphatic rings. The minimum absolute atomic E-state index is 0.00795. The smallest absolute Gasteiger partial charge is 0.231 e. The molecule has 5 N–H and O–H groups in total. The maximum Gasteiger partial charge on any atom is 0.231 e. The standard InChI is InChI=1S/C14H21FN4O2/c1-2-19(9-13(17)20)7-3-4-14(21)18-10-5-6-11(15)12(16)8-10/h5-6,8H,2-4,7,9,16H2,1H3,(H2,17,20)(H,18,21). The van der Waals surface area contributed by atoms with Crippen LogP contribution in [0.25, 0.3) is 0 Å². The van der Waals surface area contributed by atoms with Gasteiger partial charge >= 0.3 is 0 Å². The fraction of sp³-hybridized carbons (Fsp3) is 0.429. The summed E-state index contributed by atoms with van der Waals surface area (Å²) in [5.74, 6) is -1.09. The van der Waals surface area contributed by atoms with Crippen LogP contribution in [0.3, 0.4) is 0 Å². The summed E-state index contributed by atoms with van der Waals surface area (Å²) in [6, 6.07) is 4.03. The number of carbonyl (C=O) groups excluding carboxylic acids is 2. The number of rotatable bonds is 8. The Morgan fingerprint density at radius 1 is 1.38 bits per heavy atom. The van der Waals surface area contributed by atoms with Gasteiger partial charge in [0.2, 0.25) is 11.8 Å². The Morgan fingerprint density at radius 3 is 2.67 bits per heavy atom. The second kappa shape index (κ2) is 8.21. The van der Waals surface area contributed by atoms with Crippen LogP contribution in [0.1, 0.15) is 19.8 Å². The largest absolute Gasteiger partial charge is 0.396 e. The number of likely N-dealkylation sites (N-methyl/N-ethyl adjacent to an activating group) is 1. The van der Waals surface area contributed by atoms with Crippen molar-refractivity contribution >= 4 is 23.2 Å². The zero-order valence-corrected chi connectivity index (χ0v) is 12.1. The molecular weight excluding hydrogens is 275 g/mol. The molecule has 1 rings (SSSR count). The molecule has 1 aromatic rings. The zero-order valence-electron chi connectivity index (χ0n) is 12.1. The van der Waals surface area contributed by atoms with Crippen molar-refractivity contribution in [3.05, 3.63) is 24.0 Å². The maximum atomic E-state index is 13.0. The number of amides is 2. The SMILES string of the molecule is CCN(CCCC(=O)Nc1ccc(F)c(N)c1)CC(N)=O. The monoisotopic (exact) mass is 296 g/mol. The molecular formula is C14H21FN4O2. The molecule has 0 bridgehead atoms. The highest BCUT2D eigenvalue weighted by Gasteiger charge is 2.08. The summed E-state index contributed by atoms with van der Waals surface area (Å²) in [7, 11) is 0. The number of hydrogen-bond acceptors (Lipinski definition) is 4. The molecule has 7 heteroatoms. The minimum Gasteiger partial charge on any atom is -0.396 e. The van der Waals surface area contributed by atoms with Crippen molar-refractivity contribution < 1.29 is 14.0 Å². The van der Waals surface area contributed by atoms with Crippen molar-refractivity contribution in [2.75, 3.05) is 30.7 Å². The molecule has 0 radical (unpaired) electrons. The van der Waals surface area contributed by atoms with Gasteiger partial charge in [0.15, 0.2) is 0 Å². The summed E-state index contributed by atoms with van der Waals surface area (Å²) in [5.41, 5.74) is 11.0. The first kappa shape index (κ1) is 16.9. The van der Waals surface area contributed by atoms with Crippen molar-refractivity contribution in [1.82, 2.24) is 4.90 Å². The van der Waals surface area contributed by atoms with Crippen LogP contribution in [0.2, 0.25) is 0 Å². The van der Waals surface area contributed by atoms with Crippen LogP contribution in [0.5, 0.6) is 0 Å². The fourth-order valence-corrected chi connectivity index (χ4v) is 1.88. The zero-order chi connectivity index (χ0) is 15.8. The molecule has 0 aromatic heterocycles. The maximum absolute atomic E-state index is 13.0. The van der Waals surface area contributed by atoms with Gasteiger partial charge in [0.05, 0.1) is 12.2 Å². The lowest BCUT2D eigenvalue weighted by Crippen LogP contribution is -2.34. The second-order valence-corrected chi connectivity index (χ2v) is 4.72. The van der Waals surface area contributed by atoms with E-state index in [1.807, 2.05) is 11.8 Å². The van der Waals surface area contributed by atoms with Crippen molar-refractivity contribution in [2.45, 2.75) is 19.8 Å². The molecule has 0 heterocycles. The number of nitrogens with one attached hydrogen (secondary N) is 1. The lowest BCUT2D eigenvalue weighted by Gasteiger charge is -2.17. The Bertz CT molecular complexity index is 508. The number of hydrogen-bond donors (Lipinski definition) is 3. The number of nitrogens with zero attached hydrogens (tertiary/aromatic N) is 1. The van der Waals surface area contributed by atoms with Crippen LogP contribution in [0.15, 0.2) is 18.2 Å². The van der Waals surface area contributed by atoms with E-state index in [4.69, 9.17) is 11.5 Å². The molecule has 0 spiro atoms. The van der Waals surface area contributed by atoms with E-state index in [9.17, 15) is 14.0 Å². The Balaban J connectivity index is 2.36. The normalized spacial score (nSPS) is 10.6. The molecule has 6 nitrogen and oxygen atoms in total. The first-order chi connectivity index (χ1) is 9.92. The number of benzene rings is 1. The Labute approximate surface area is 123 Å². The van der Waals surface area contributed by atoms with Crippen molar-refractivity contribution in [3.63, 3.8) is 0 Å². The predicted octanol–water partition coefficient (Wildman–Crippen LogP) is 0.934. The number of primary amides is 1. The lowest BCUT2D eigenvalue weighted by molar-refractivity contribution is -0.119. The number of nitrogens with two attached hydrogens (primary N) is 2. The number of halogens is 1. The van der Waals surface area contributed by atoms with E-state index in [-0.39, 0.29) is 24.0 Å². The van der Waals surface area contributed by atoms with Crippen molar-refractivity contribution in [3.8, 4) is 0 Å². The van der Waals surface area contributed by atoms with Gasteiger partial charge in [0.1, 0.15) is 5.82 Å². The highest BCUT2D eigenvalue weighted by atomic mass is 19.1. The van der Waals surface area contributed by atoms with Crippen LogP contribution >= 0.6 is 0 Å². The Hall–Kier alpha value is -2.15. The molecule has 0 saturated heterocycles. The molecule has 0 aliphatic heterocycles. The highest BCUT2D eigenvalue weighted by Crippen LogP contribution is 2.16. The Kier molecular flexibility index (Phi) is 6.61. The van der Waals surface area contributed by atoms with E-state index in [1.165, 1.54) is 18.2 Å². The van der Waals surface area contributed by atoms with Gasteiger partial charge in [-0.3, -0.25) is 14.5 Å². The number of nitrogen functional groups attached to an aromatic ring is 1. The predicted molar refractivity (Wildman–Crippen MR) is 80.0 cm³/mol. The second-order valence-electron chi connectivity index (χ2n) is 4.72. The summed E-state index contributed by atoms with van der Waals surface area (Å²) >= 11 is 0. The summed E-state index contributed by atoms with van der Waals surface area (Å²) < 4.78 is 13.0. The third kappa shape index (κ3) is 6.22. The fourth-order valence-electron chi connectivity index (χ4n) is 1.88. The first-order valence-electron chi connectivity index (χ1n) is 6.78.